The molecular weight excluding hydrogens is 359 g/mol. The van der Waals surface area contributed by atoms with Crippen LogP contribution in [0.25, 0.3) is 0 Å². The van der Waals surface area contributed by atoms with Crippen LogP contribution in [0.1, 0.15) is 22.3 Å². The monoisotopic (exact) mass is 368 g/mol. The Bertz CT molecular complexity index is 821. The lowest BCUT2D eigenvalue weighted by Crippen LogP contribution is -2.37. The van der Waals surface area contributed by atoms with Crippen molar-refractivity contribution in [3.8, 4) is 0 Å². The van der Waals surface area contributed by atoms with Gasteiger partial charge in [0, 0.05) is 28.6 Å². The number of hydrogen-bond acceptors (Lipinski definition) is 3. The Morgan fingerprint density at radius 3 is 2.48 bits per heavy atom. The topological polar surface area (TPSA) is 52.9 Å². The van der Waals surface area contributed by atoms with Crippen LogP contribution in [0.15, 0.2) is 41.6 Å². The van der Waals surface area contributed by atoms with Crippen molar-refractivity contribution in [2.24, 2.45) is 5.16 Å². The van der Waals surface area contributed by atoms with E-state index < -0.39 is 0 Å². The molecule has 0 spiro atoms. The Morgan fingerprint density at radius 1 is 1.09 bits per heavy atom. The van der Waals surface area contributed by atoms with E-state index >= 15 is 0 Å². The standard InChI is InChI=1S/C16H11Cl3N2O2/c17-9-1-3-11(13(19)7-9)16(22)21-6-5-14(20-23)12-4-2-10(18)8-15(12)21/h1-4,7-8,23H,5-6H2. The maximum Gasteiger partial charge on any atom is 0.259 e. The molecule has 4 nitrogen and oxygen atoms in total. The van der Waals surface area contributed by atoms with Gasteiger partial charge >= 0.3 is 0 Å². The Labute approximate surface area is 147 Å². The second kappa shape index (κ2) is 6.40. The van der Waals surface area contributed by atoms with Crippen molar-refractivity contribution >= 4 is 52.1 Å². The number of rotatable bonds is 1. The molecule has 1 heterocycles. The second-order valence-electron chi connectivity index (χ2n) is 5.04. The molecule has 3 rings (SSSR count). The van der Waals surface area contributed by atoms with Crippen LogP contribution in [0.5, 0.6) is 0 Å². The molecule has 0 bridgehead atoms. The number of amides is 1. The van der Waals surface area contributed by atoms with Crippen LogP contribution in [0.2, 0.25) is 15.1 Å². The van der Waals surface area contributed by atoms with Gasteiger partial charge in [-0.1, -0.05) is 40.0 Å². The number of benzene rings is 2. The first-order chi connectivity index (χ1) is 11.0. The second-order valence-corrected chi connectivity index (χ2v) is 6.32. The quantitative estimate of drug-likeness (QED) is 0.575. The summed E-state index contributed by atoms with van der Waals surface area (Å²) in [7, 11) is 0. The maximum atomic E-state index is 12.9. The SMILES string of the molecule is O=C(c1ccc(Cl)cc1Cl)N1CCC(=NO)c2ccc(Cl)cc21. The molecule has 0 fully saturated rings. The van der Waals surface area contributed by atoms with E-state index in [9.17, 15) is 4.79 Å². The molecule has 0 radical (unpaired) electrons. The van der Waals surface area contributed by atoms with E-state index in [1.807, 2.05) is 0 Å². The van der Waals surface area contributed by atoms with Gasteiger partial charge in [0.15, 0.2) is 0 Å². The van der Waals surface area contributed by atoms with Crippen LogP contribution in [0.3, 0.4) is 0 Å². The highest BCUT2D eigenvalue weighted by atomic mass is 35.5. The zero-order valence-corrected chi connectivity index (χ0v) is 14.0. The third kappa shape index (κ3) is 3.02. The molecule has 0 atom stereocenters. The predicted molar refractivity (Wildman–Crippen MR) is 92.5 cm³/mol. The van der Waals surface area contributed by atoms with Crippen molar-refractivity contribution in [2.75, 3.05) is 11.4 Å². The molecule has 7 heteroatoms. The first-order valence-electron chi connectivity index (χ1n) is 6.79. The fourth-order valence-electron chi connectivity index (χ4n) is 2.57. The van der Waals surface area contributed by atoms with Crippen LogP contribution in [0, 0.1) is 0 Å². The number of carbonyl (C=O) groups excluding carboxylic acids is 1. The van der Waals surface area contributed by atoms with Crippen LogP contribution in [0.4, 0.5) is 5.69 Å². The molecule has 0 aliphatic carbocycles. The molecule has 0 saturated heterocycles. The molecule has 1 amide bonds. The molecule has 2 aromatic carbocycles. The summed E-state index contributed by atoms with van der Waals surface area (Å²) in [6.07, 6.45) is 0.433. The number of nitrogens with zero attached hydrogens (tertiary/aromatic N) is 2. The lowest BCUT2D eigenvalue weighted by atomic mass is 9.98. The van der Waals surface area contributed by atoms with Gasteiger partial charge in [0.25, 0.3) is 5.91 Å². The lowest BCUT2D eigenvalue weighted by Gasteiger charge is -2.30. The van der Waals surface area contributed by atoms with Gasteiger partial charge in [0.1, 0.15) is 0 Å². The third-order valence-electron chi connectivity index (χ3n) is 3.66. The summed E-state index contributed by atoms with van der Waals surface area (Å²) in [5.41, 5.74) is 2.13. The number of halogens is 3. The summed E-state index contributed by atoms with van der Waals surface area (Å²) < 4.78 is 0. The van der Waals surface area contributed by atoms with E-state index in [1.54, 1.807) is 35.2 Å². The maximum absolute atomic E-state index is 12.9. The first-order valence-corrected chi connectivity index (χ1v) is 7.92. The summed E-state index contributed by atoms with van der Waals surface area (Å²) in [5, 5.41) is 13.7. The Kier molecular flexibility index (Phi) is 4.48. The largest absolute Gasteiger partial charge is 0.411 e. The van der Waals surface area contributed by atoms with Gasteiger partial charge in [-0.25, -0.2) is 0 Å². The van der Waals surface area contributed by atoms with Crippen molar-refractivity contribution in [3.63, 3.8) is 0 Å². The minimum atomic E-state index is -0.257. The molecule has 1 aliphatic heterocycles. The molecule has 1 N–H and O–H groups in total. The highest BCUT2D eigenvalue weighted by Gasteiger charge is 2.28. The first kappa shape index (κ1) is 16.1. The van der Waals surface area contributed by atoms with Crippen LogP contribution in [-0.2, 0) is 0 Å². The minimum Gasteiger partial charge on any atom is -0.411 e. The van der Waals surface area contributed by atoms with Gasteiger partial charge in [-0.3, -0.25) is 4.79 Å². The average Bonchev–Trinajstić information content (AvgIpc) is 2.53. The molecule has 23 heavy (non-hydrogen) atoms. The van der Waals surface area contributed by atoms with E-state index in [0.717, 1.165) is 0 Å². The normalized spacial score (nSPS) is 15.6. The summed E-state index contributed by atoms with van der Waals surface area (Å²) in [6.45, 7) is 0.366. The third-order valence-corrected chi connectivity index (χ3v) is 4.44. The van der Waals surface area contributed by atoms with Gasteiger partial charge in [-0.2, -0.15) is 0 Å². The number of anilines is 1. The predicted octanol–water partition coefficient (Wildman–Crippen LogP) is 4.88. The fraction of sp³-hybridized carbons (Fsp3) is 0.125. The van der Waals surface area contributed by atoms with Gasteiger partial charge in [0.2, 0.25) is 0 Å². The summed E-state index contributed by atoms with van der Waals surface area (Å²) >= 11 is 18.1. The van der Waals surface area contributed by atoms with Crippen molar-refractivity contribution < 1.29 is 10.0 Å². The van der Waals surface area contributed by atoms with Crippen molar-refractivity contribution in [1.82, 2.24) is 0 Å². The Balaban J connectivity index is 2.07. The van der Waals surface area contributed by atoms with Crippen molar-refractivity contribution in [3.05, 3.63) is 62.6 Å². The van der Waals surface area contributed by atoms with Crippen molar-refractivity contribution in [1.29, 1.82) is 0 Å². The molecule has 2 aromatic rings. The molecule has 0 aromatic heterocycles. The van der Waals surface area contributed by atoms with E-state index in [0.29, 0.717) is 45.5 Å². The highest BCUT2D eigenvalue weighted by molar-refractivity contribution is 6.37. The smallest absolute Gasteiger partial charge is 0.259 e. The summed E-state index contributed by atoms with van der Waals surface area (Å²) in [5.74, 6) is -0.257. The molecule has 0 saturated carbocycles. The molecule has 1 aliphatic rings. The average molecular weight is 370 g/mol. The Hall–Kier alpha value is -1.75. The van der Waals surface area contributed by atoms with E-state index in [4.69, 9.17) is 40.0 Å². The number of hydrogen-bond donors (Lipinski definition) is 1. The number of oxime groups is 1. The molecule has 0 unspecified atom stereocenters. The summed E-state index contributed by atoms with van der Waals surface area (Å²) in [6, 6.07) is 9.82. The van der Waals surface area contributed by atoms with Gasteiger partial charge < -0.3 is 10.1 Å². The van der Waals surface area contributed by atoms with Crippen LogP contribution < -0.4 is 4.90 Å². The lowest BCUT2D eigenvalue weighted by molar-refractivity contribution is 0.0987. The van der Waals surface area contributed by atoms with E-state index in [-0.39, 0.29) is 10.9 Å². The molecule has 118 valence electrons. The molecular formula is C16H11Cl3N2O2. The van der Waals surface area contributed by atoms with E-state index in [2.05, 4.69) is 5.16 Å². The van der Waals surface area contributed by atoms with Crippen LogP contribution >= 0.6 is 34.8 Å². The van der Waals surface area contributed by atoms with Crippen molar-refractivity contribution in [2.45, 2.75) is 6.42 Å². The van der Waals surface area contributed by atoms with Crippen LogP contribution in [-0.4, -0.2) is 23.4 Å². The number of carbonyl (C=O) groups is 1. The summed E-state index contributed by atoms with van der Waals surface area (Å²) in [4.78, 5) is 14.4. The zero-order valence-electron chi connectivity index (χ0n) is 11.8. The van der Waals surface area contributed by atoms with E-state index in [1.165, 1.54) is 6.07 Å². The number of fused-ring (bicyclic) bond motifs is 1. The highest BCUT2D eigenvalue weighted by Crippen LogP contribution is 2.33. The van der Waals surface area contributed by atoms with Gasteiger partial charge in [-0.05, 0) is 36.4 Å². The zero-order chi connectivity index (χ0) is 16.6. The van der Waals surface area contributed by atoms with Gasteiger partial charge in [-0.15, -0.1) is 0 Å². The fourth-order valence-corrected chi connectivity index (χ4v) is 3.22. The minimum absolute atomic E-state index is 0.257. The Morgan fingerprint density at radius 2 is 1.78 bits per heavy atom. The van der Waals surface area contributed by atoms with Gasteiger partial charge in [0.05, 0.1) is 22.0 Å².